The highest BCUT2D eigenvalue weighted by Crippen LogP contribution is 2.15. The highest BCUT2D eigenvalue weighted by atomic mass is 35.5. The number of halogens is 1. The molecule has 0 saturated heterocycles. The summed E-state index contributed by atoms with van der Waals surface area (Å²) in [6.07, 6.45) is 0. The number of nitrogens with one attached hydrogen (secondary N) is 1. The van der Waals surface area contributed by atoms with E-state index >= 15 is 0 Å². The standard InChI is InChI=1S/C9H10ClN/c1-7(2)11-9-5-3-4-8(10)6-9/h3-6,11H,1H2,2H3. The van der Waals surface area contributed by atoms with Crippen LogP contribution in [0.5, 0.6) is 0 Å². The van der Waals surface area contributed by atoms with Crippen molar-refractivity contribution in [2.24, 2.45) is 0 Å². The van der Waals surface area contributed by atoms with Gasteiger partial charge in [0.1, 0.15) is 0 Å². The lowest BCUT2D eigenvalue weighted by Crippen LogP contribution is -1.92. The zero-order valence-corrected chi connectivity index (χ0v) is 7.15. The maximum Gasteiger partial charge on any atom is 0.0426 e. The van der Waals surface area contributed by atoms with Crippen molar-refractivity contribution in [3.63, 3.8) is 0 Å². The van der Waals surface area contributed by atoms with Gasteiger partial charge in [0, 0.05) is 16.4 Å². The topological polar surface area (TPSA) is 12.0 Å². The molecule has 1 aromatic rings. The maximum absolute atomic E-state index is 5.76. The predicted molar refractivity (Wildman–Crippen MR) is 49.9 cm³/mol. The first-order valence-electron chi connectivity index (χ1n) is 3.36. The average molecular weight is 168 g/mol. The molecule has 0 aliphatic rings. The van der Waals surface area contributed by atoms with E-state index in [0.29, 0.717) is 0 Å². The third-order valence-corrected chi connectivity index (χ3v) is 1.42. The fourth-order valence-corrected chi connectivity index (χ4v) is 1.00. The molecule has 0 amide bonds. The van der Waals surface area contributed by atoms with Crippen LogP contribution in [0.1, 0.15) is 6.92 Å². The molecular weight excluding hydrogens is 158 g/mol. The molecule has 1 rings (SSSR count). The van der Waals surface area contributed by atoms with E-state index in [-0.39, 0.29) is 0 Å². The van der Waals surface area contributed by atoms with E-state index in [1.807, 2.05) is 31.2 Å². The fourth-order valence-electron chi connectivity index (χ4n) is 0.813. The summed E-state index contributed by atoms with van der Waals surface area (Å²) in [7, 11) is 0. The Morgan fingerprint density at radius 1 is 1.55 bits per heavy atom. The minimum atomic E-state index is 0.733. The Labute approximate surface area is 71.7 Å². The van der Waals surface area contributed by atoms with Gasteiger partial charge >= 0.3 is 0 Å². The van der Waals surface area contributed by atoms with Gasteiger partial charge in [-0.3, -0.25) is 0 Å². The first-order valence-corrected chi connectivity index (χ1v) is 3.74. The van der Waals surface area contributed by atoms with Crippen LogP contribution in [0.25, 0.3) is 0 Å². The zero-order chi connectivity index (χ0) is 8.27. The minimum Gasteiger partial charge on any atom is -0.360 e. The molecule has 0 fully saturated rings. The number of hydrogen-bond acceptors (Lipinski definition) is 1. The van der Waals surface area contributed by atoms with Crippen molar-refractivity contribution < 1.29 is 0 Å². The van der Waals surface area contributed by atoms with Crippen LogP contribution < -0.4 is 5.32 Å². The monoisotopic (exact) mass is 167 g/mol. The number of hydrogen-bond donors (Lipinski definition) is 1. The molecule has 58 valence electrons. The molecule has 0 aromatic heterocycles. The zero-order valence-electron chi connectivity index (χ0n) is 6.39. The van der Waals surface area contributed by atoms with Gasteiger partial charge in [-0.05, 0) is 25.1 Å². The van der Waals surface area contributed by atoms with Gasteiger partial charge < -0.3 is 5.32 Å². The lowest BCUT2D eigenvalue weighted by Gasteiger charge is -2.03. The molecule has 0 aliphatic heterocycles. The van der Waals surface area contributed by atoms with Crippen molar-refractivity contribution in [2.75, 3.05) is 5.32 Å². The average Bonchev–Trinajstić information content (AvgIpc) is 1.85. The van der Waals surface area contributed by atoms with Crippen LogP contribution in [0, 0.1) is 0 Å². The van der Waals surface area contributed by atoms with E-state index < -0.39 is 0 Å². The molecule has 0 heterocycles. The van der Waals surface area contributed by atoms with Crippen molar-refractivity contribution in [2.45, 2.75) is 6.92 Å². The number of anilines is 1. The van der Waals surface area contributed by atoms with E-state index in [2.05, 4.69) is 11.9 Å². The van der Waals surface area contributed by atoms with E-state index in [4.69, 9.17) is 11.6 Å². The molecule has 1 nitrogen and oxygen atoms in total. The number of rotatable bonds is 2. The van der Waals surface area contributed by atoms with Crippen molar-refractivity contribution in [1.29, 1.82) is 0 Å². The van der Waals surface area contributed by atoms with Gasteiger partial charge in [-0.1, -0.05) is 24.2 Å². The molecule has 0 bridgehead atoms. The normalized spacial score (nSPS) is 9.27. The molecule has 0 aliphatic carbocycles. The van der Waals surface area contributed by atoms with E-state index in [1.165, 1.54) is 0 Å². The molecule has 0 spiro atoms. The first kappa shape index (κ1) is 8.15. The molecule has 1 aromatic carbocycles. The van der Waals surface area contributed by atoms with Crippen molar-refractivity contribution in [3.05, 3.63) is 41.6 Å². The molecule has 0 atom stereocenters. The lowest BCUT2D eigenvalue weighted by atomic mass is 10.3. The summed E-state index contributed by atoms with van der Waals surface area (Å²) in [6.45, 7) is 5.63. The molecule has 0 radical (unpaired) electrons. The summed E-state index contributed by atoms with van der Waals surface area (Å²) in [5, 5.41) is 3.80. The minimum absolute atomic E-state index is 0.733. The van der Waals surface area contributed by atoms with Crippen LogP contribution >= 0.6 is 11.6 Å². The van der Waals surface area contributed by atoms with Gasteiger partial charge in [0.25, 0.3) is 0 Å². The molecule has 0 unspecified atom stereocenters. The van der Waals surface area contributed by atoms with Crippen LogP contribution in [0.4, 0.5) is 5.69 Å². The number of benzene rings is 1. The van der Waals surface area contributed by atoms with Gasteiger partial charge in [-0.25, -0.2) is 0 Å². The molecule has 0 saturated carbocycles. The van der Waals surface area contributed by atoms with E-state index in [0.717, 1.165) is 16.4 Å². The predicted octanol–water partition coefficient (Wildman–Crippen LogP) is 3.29. The molecular formula is C9H10ClN. The van der Waals surface area contributed by atoms with Crippen molar-refractivity contribution >= 4 is 17.3 Å². The second-order valence-electron chi connectivity index (χ2n) is 2.42. The second-order valence-corrected chi connectivity index (χ2v) is 2.85. The van der Waals surface area contributed by atoms with Crippen molar-refractivity contribution in [1.82, 2.24) is 0 Å². The van der Waals surface area contributed by atoms with Gasteiger partial charge in [0.2, 0.25) is 0 Å². The summed E-state index contributed by atoms with van der Waals surface area (Å²) in [5.41, 5.74) is 1.89. The Kier molecular flexibility index (Phi) is 2.55. The number of allylic oxidation sites excluding steroid dienone is 1. The van der Waals surface area contributed by atoms with Crippen LogP contribution in [0.15, 0.2) is 36.5 Å². The third-order valence-electron chi connectivity index (χ3n) is 1.18. The Morgan fingerprint density at radius 3 is 2.82 bits per heavy atom. The Bertz CT molecular complexity index is 268. The second kappa shape index (κ2) is 3.44. The quantitative estimate of drug-likeness (QED) is 0.713. The van der Waals surface area contributed by atoms with E-state index in [1.54, 1.807) is 0 Å². The highest BCUT2D eigenvalue weighted by Gasteiger charge is 1.90. The largest absolute Gasteiger partial charge is 0.360 e. The SMILES string of the molecule is C=C(C)Nc1cccc(Cl)c1. The van der Waals surface area contributed by atoms with Crippen LogP contribution in [-0.2, 0) is 0 Å². The summed E-state index contributed by atoms with van der Waals surface area (Å²) < 4.78 is 0. The molecule has 1 N–H and O–H groups in total. The first-order chi connectivity index (χ1) is 5.18. The van der Waals surface area contributed by atoms with Gasteiger partial charge in [0.15, 0.2) is 0 Å². The summed E-state index contributed by atoms with van der Waals surface area (Å²) in [6, 6.07) is 7.54. The molecule has 11 heavy (non-hydrogen) atoms. The Hall–Kier alpha value is -0.950. The molecule has 2 heteroatoms. The highest BCUT2D eigenvalue weighted by molar-refractivity contribution is 6.30. The Balaban J connectivity index is 2.79. The summed E-state index contributed by atoms with van der Waals surface area (Å²) >= 11 is 5.76. The van der Waals surface area contributed by atoms with Crippen LogP contribution in [0.3, 0.4) is 0 Å². The van der Waals surface area contributed by atoms with Crippen molar-refractivity contribution in [3.8, 4) is 0 Å². The van der Waals surface area contributed by atoms with Crippen LogP contribution in [-0.4, -0.2) is 0 Å². The maximum atomic E-state index is 5.76. The van der Waals surface area contributed by atoms with Gasteiger partial charge in [-0.2, -0.15) is 0 Å². The fraction of sp³-hybridized carbons (Fsp3) is 0.111. The van der Waals surface area contributed by atoms with Crippen LogP contribution in [0.2, 0.25) is 5.02 Å². The smallest absolute Gasteiger partial charge is 0.0426 e. The lowest BCUT2D eigenvalue weighted by molar-refractivity contribution is 1.40. The summed E-state index contributed by atoms with van der Waals surface area (Å²) in [4.78, 5) is 0. The Morgan fingerprint density at radius 2 is 2.27 bits per heavy atom. The summed E-state index contributed by atoms with van der Waals surface area (Å²) in [5.74, 6) is 0. The third kappa shape index (κ3) is 2.64. The van der Waals surface area contributed by atoms with Gasteiger partial charge in [-0.15, -0.1) is 0 Å². The van der Waals surface area contributed by atoms with E-state index in [9.17, 15) is 0 Å². The van der Waals surface area contributed by atoms with Gasteiger partial charge in [0.05, 0.1) is 0 Å².